The zero-order valence-corrected chi connectivity index (χ0v) is 28.4. The number of hydrogen-bond acceptors (Lipinski definition) is 9. The average Bonchev–Trinajstić information content (AvgIpc) is 3.61. The summed E-state index contributed by atoms with van der Waals surface area (Å²) >= 11 is 0. The zero-order valence-electron chi connectivity index (χ0n) is 28.4. The summed E-state index contributed by atoms with van der Waals surface area (Å²) in [6.45, 7) is 2.15. The summed E-state index contributed by atoms with van der Waals surface area (Å²) in [5.74, 6) is -0.368. The number of nitrogens with two attached hydrogens (primary N) is 1. The molecule has 1 atom stereocenters. The molecule has 51 heavy (non-hydrogen) atoms. The fourth-order valence-corrected chi connectivity index (χ4v) is 6.24. The minimum Gasteiger partial charge on any atom is -0.490 e. The summed E-state index contributed by atoms with van der Waals surface area (Å²) < 4.78 is 48.2. The summed E-state index contributed by atoms with van der Waals surface area (Å²) in [5, 5.41) is 1.85. The van der Waals surface area contributed by atoms with Gasteiger partial charge in [-0.05, 0) is 54.8 Å². The van der Waals surface area contributed by atoms with E-state index < -0.39 is 18.6 Å². The molecule has 270 valence electrons. The molecule has 1 aromatic heterocycles. The van der Waals surface area contributed by atoms with Crippen LogP contribution < -0.4 is 15.2 Å². The molecule has 12 nitrogen and oxygen atoms in total. The Bertz CT molecular complexity index is 1850. The number of halogens is 2. The lowest BCUT2D eigenvalue weighted by molar-refractivity contribution is -0.135. The van der Waals surface area contributed by atoms with Gasteiger partial charge < -0.3 is 39.1 Å². The molecule has 2 N–H and O–H groups in total. The third-order valence-corrected chi connectivity index (χ3v) is 8.96. The van der Waals surface area contributed by atoms with Crippen LogP contribution in [-0.2, 0) is 9.53 Å². The smallest absolute Gasteiger partial charge is 0.387 e. The van der Waals surface area contributed by atoms with Gasteiger partial charge in [0, 0.05) is 56.8 Å². The maximum atomic E-state index is 13.8. The molecule has 0 bridgehead atoms. The number of alkyl halides is 2. The van der Waals surface area contributed by atoms with Crippen LogP contribution in [0.2, 0.25) is 0 Å². The minimum absolute atomic E-state index is 0.0349. The van der Waals surface area contributed by atoms with Crippen molar-refractivity contribution in [2.45, 2.75) is 38.8 Å². The van der Waals surface area contributed by atoms with Crippen LogP contribution in [0.15, 0.2) is 65.1 Å². The number of piperazine rings is 1. The largest absolute Gasteiger partial charge is 0.490 e. The van der Waals surface area contributed by atoms with Gasteiger partial charge in [-0.2, -0.15) is 8.78 Å². The Morgan fingerprint density at radius 3 is 2.29 bits per heavy atom. The first-order valence-corrected chi connectivity index (χ1v) is 17.1. The molecule has 0 saturated carbocycles. The van der Waals surface area contributed by atoms with Gasteiger partial charge in [0.05, 0.1) is 25.9 Å². The fraction of sp³-hybridized carbons (Fsp3) is 0.405. The first-order chi connectivity index (χ1) is 24.7. The second kappa shape index (κ2) is 16.3. The molecule has 2 aliphatic heterocycles. The van der Waals surface area contributed by atoms with Crippen molar-refractivity contribution in [1.29, 1.82) is 0 Å². The second-order valence-corrected chi connectivity index (χ2v) is 12.5. The van der Waals surface area contributed by atoms with Gasteiger partial charge in [0.1, 0.15) is 0 Å². The number of nitrogens with zero attached hydrogens (tertiary/aromatic N) is 4. The number of oxazole rings is 1. The van der Waals surface area contributed by atoms with Crippen LogP contribution in [0.4, 0.5) is 8.78 Å². The highest BCUT2D eigenvalue weighted by Crippen LogP contribution is 2.35. The molecule has 0 aliphatic carbocycles. The van der Waals surface area contributed by atoms with Crippen molar-refractivity contribution in [2.24, 2.45) is 5.73 Å². The first kappa shape index (κ1) is 35.7. The van der Waals surface area contributed by atoms with Crippen LogP contribution in [0.1, 0.15) is 58.8 Å². The van der Waals surface area contributed by atoms with Crippen LogP contribution in [0, 0.1) is 0 Å². The number of benzene rings is 3. The Balaban J connectivity index is 1.12. The van der Waals surface area contributed by atoms with Crippen molar-refractivity contribution in [3.05, 3.63) is 77.7 Å². The number of carbonyl (C=O) groups is 3. The molecular weight excluding hydrogens is 664 g/mol. The van der Waals surface area contributed by atoms with Crippen molar-refractivity contribution in [2.75, 3.05) is 59.1 Å². The lowest BCUT2D eigenvalue weighted by atomic mass is 10.0. The molecule has 4 aromatic rings. The van der Waals surface area contributed by atoms with Gasteiger partial charge in [0.25, 0.3) is 11.8 Å². The van der Waals surface area contributed by atoms with E-state index in [1.165, 1.54) is 18.2 Å². The third kappa shape index (κ3) is 8.46. The molecule has 14 heteroatoms. The van der Waals surface area contributed by atoms with E-state index in [0.29, 0.717) is 69.8 Å². The third-order valence-electron chi connectivity index (χ3n) is 8.96. The number of unbranched alkanes of at least 4 members (excludes halogenated alkanes) is 1. The van der Waals surface area contributed by atoms with Gasteiger partial charge in [-0.15, -0.1) is 0 Å². The molecule has 0 radical (unpaired) electrons. The molecular formula is C37H41F2N5O7. The number of fused-ring (bicyclic) bond motifs is 1. The standard InChI is InChI=1S/C37H41F2N5O7/c1-24(40)33-32(36(47)44-16-14-43(15-17-44)35(46)28-10-6-8-25-7-2-3-9-27(25)28)41-34(51-33)26-12-13-29(50-37(38)39)30(23-26)49-20-5-4-11-31(45)42-18-21-48-22-19-42/h2-3,6-10,12-13,23-24,37H,4-5,11,14-22,40H2,1H3/t24-/m0/s1. The Labute approximate surface area is 294 Å². The van der Waals surface area contributed by atoms with E-state index in [9.17, 15) is 23.2 Å². The molecule has 0 unspecified atom stereocenters. The predicted molar refractivity (Wildman–Crippen MR) is 184 cm³/mol. The number of rotatable bonds is 12. The van der Waals surface area contributed by atoms with Crippen molar-refractivity contribution in [1.82, 2.24) is 19.7 Å². The number of hydrogen-bond donors (Lipinski definition) is 1. The highest BCUT2D eigenvalue weighted by Gasteiger charge is 2.31. The number of amides is 3. The number of morpholine rings is 1. The molecule has 3 heterocycles. The number of carbonyl (C=O) groups excluding carboxylic acids is 3. The summed E-state index contributed by atoms with van der Waals surface area (Å²) in [6.07, 6.45) is 1.39. The summed E-state index contributed by atoms with van der Waals surface area (Å²) in [4.78, 5) is 49.3. The number of ether oxygens (including phenoxy) is 3. The number of aromatic nitrogens is 1. The highest BCUT2D eigenvalue weighted by molar-refractivity contribution is 6.07. The predicted octanol–water partition coefficient (Wildman–Crippen LogP) is 5.12. The lowest BCUT2D eigenvalue weighted by Crippen LogP contribution is -2.50. The van der Waals surface area contributed by atoms with E-state index in [4.69, 9.17) is 19.6 Å². The van der Waals surface area contributed by atoms with E-state index in [-0.39, 0.29) is 60.4 Å². The lowest BCUT2D eigenvalue weighted by Gasteiger charge is -2.34. The minimum atomic E-state index is -3.08. The molecule has 3 aromatic carbocycles. The Morgan fingerprint density at radius 1 is 0.863 bits per heavy atom. The maximum absolute atomic E-state index is 13.8. The van der Waals surface area contributed by atoms with E-state index in [1.54, 1.807) is 21.6 Å². The van der Waals surface area contributed by atoms with E-state index in [2.05, 4.69) is 9.72 Å². The van der Waals surface area contributed by atoms with Gasteiger partial charge in [0.15, 0.2) is 23.0 Å². The van der Waals surface area contributed by atoms with Crippen molar-refractivity contribution in [3.8, 4) is 23.0 Å². The molecule has 2 aliphatic rings. The average molecular weight is 706 g/mol. The van der Waals surface area contributed by atoms with Gasteiger partial charge in [-0.1, -0.05) is 36.4 Å². The van der Waals surface area contributed by atoms with Crippen LogP contribution >= 0.6 is 0 Å². The summed E-state index contributed by atoms with van der Waals surface area (Å²) in [5.41, 5.74) is 7.21. The van der Waals surface area contributed by atoms with Crippen LogP contribution in [0.5, 0.6) is 11.5 Å². The normalized spacial score (nSPS) is 15.7. The van der Waals surface area contributed by atoms with Gasteiger partial charge in [-0.3, -0.25) is 14.4 Å². The van der Waals surface area contributed by atoms with E-state index >= 15 is 0 Å². The topological polar surface area (TPSA) is 141 Å². The van der Waals surface area contributed by atoms with Gasteiger partial charge >= 0.3 is 6.61 Å². The Morgan fingerprint density at radius 2 is 1.57 bits per heavy atom. The zero-order chi connectivity index (χ0) is 35.9. The van der Waals surface area contributed by atoms with Crippen LogP contribution in [0.25, 0.3) is 22.2 Å². The Kier molecular flexibility index (Phi) is 11.4. The fourth-order valence-electron chi connectivity index (χ4n) is 6.24. The monoisotopic (exact) mass is 705 g/mol. The molecule has 2 fully saturated rings. The van der Waals surface area contributed by atoms with Gasteiger partial charge in [-0.25, -0.2) is 4.98 Å². The Hall–Kier alpha value is -5.08. The maximum Gasteiger partial charge on any atom is 0.387 e. The molecule has 6 rings (SSSR count). The molecule has 0 spiro atoms. The van der Waals surface area contributed by atoms with Crippen molar-refractivity contribution < 1.29 is 41.8 Å². The SMILES string of the molecule is C[C@H](N)c1oc(-c2ccc(OC(F)F)c(OCCCCC(=O)N3CCOCC3)c2)nc1C(=O)N1CCN(C(=O)c2cccc3ccccc23)CC1. The summed E-state index contributed by atoms with van der Waals surface area (Å²) in [6, 6.07) is 16.9. The van der Waals surface area contributed by atoms with E-state index in [0.717, 1.165) is 10.8 Å². The second-order valence-electron chi connectivity index (χ2n) is 12.5. The summed E-state index contributed by atoms with van der Waals surface area (Å²) in [7, 11) is 0. The van der Waals surface area contributed by atoms with Crippen molar-refractivity contribution in [3.63, 3.8) is 0 Å². The van der Waals surface area contributed by atoms with Crippen molar-refractivity contribution >= 4 is 28.5 Å². The quantitative estimate of drug-likeness (QED) is 0.199. The first-order valence-electron chi connectivity index (χ1n) is 17.1. The molecule has 2 saturated heterocycles. The van der Waals surface area contributed by atoms with E-state index in [1.807, 2.05) is 42.5 Å². The highest BCUT2D eigenvalue weighted by atomic mass is 19.3. The van der Waals surface area contributed by atoms with Gasteiger partial charge in [0.2, 0.25) is 11.8 Å². The van der Waals surface area contributed by atoms with Crippen LogP contribution in [0.3, 0.4) is 0 Å². The molecule has 3 amide bonds. The van der Waals surface area contributed by atoms with Crippen LogP contribution in [-0.4, -0.2) is 103 Å².